The summed E-state index contributed by atoms with van der Waals surface area (Å²) >= 11 is 0. The van der Waals surface area contributed by atoms with E-state index >= 15 is 0 Å². The molecule has 0 unspecified atom stereocenters. The lowest BCUT2D eigenvalue weighted by molar-refractivity contribution is -0.139. The number of carbonyl (C=O) groups excluding carboxylic acids is 1. The van der Waals surface area contributed by atoms with Gasteiger partial charge in [-0.3, -0.25) is 4.79 Å². The van der Waals surface area contributed by atoms with Crippen molar-refractivity contribution in [2.24, 2.45) is 11.8 Å². The quantitative estimate of drug-likeness (QED) is 0.606. The van der Waals surface area contributed by atoms with Crippen LogP contribution in [0.2, 0.25) is 0 Å². The summed E-state index contributed by atoms with van der Waals surface area (Å²) in [5, 5.41) is 0. The van der Waals surface area contributed by atoms with E-state index in [0.29, 0.717) is 11.8 Å². The van der Waals surface area contributed by atoms with Gasteiger partial charge in [0.25, 0.3) is 0 Å². The van der Waals surface area contributed by atoms with Crippen molar-refractivity contribution < 1.29 is 4.79 Å². The maximum Gasteiger partial charge on any atom is 0.225 e. The second-order valence-electron chi connectivity index (χ2n) is 4.64. The summed E-state index contributed by atoms with van der Waals surface area (Å²) in [7, 11) is 0. The zero-order valence-corrected chi connectivity index (χ0v) is 8.46. The third kappa shape index (κ3) is 1.87. The Kier molecular flexibility index (Phi) is 2.56. The Morgan fingerprint density at radius 1 is 1.15 bits per heavy atom. The Morgan fingerprint density at radius 3 is 2.23 bits per heavy atom. The van der Waals surface area contributed by atoms with Crippen molar-refractivity contribution in [3.63, 3.8) is 0 Å². The highest BCUT2D eigenvalue weighted by Gasteiger charge is 2.30. The van der Waals surface area contributed by atoms with Gasteiger partial charge in [0.2, 0.25) is 5.91 Å². The minimum Gasteiger partial charge on any atom is -0.342 e. The SMILES string of the molecule is CC1CCN(C(=O)C2CCC2)CC1. The summed E-state index contributed by atoms with van der Waals surface area (Å²) in [6.07, 6.45) is 5.97. The van der Waals surface area contributed by atoms with E-state index in [9.17, 15) is 4.79 Å². The minimum absolute atomic E-state index is 0.397. The molecule has 0 aromatic carbocycles. The Hall–Kier alpha value is -0.530. The number of piperidine rings is 1. The van der Waals surface area contributed by atoms with Crippen LogP contribution in [0.25, 0.3) is 0 Å². The first kappa shape index (κ1) is 9.04. The lowest BCUT2D eigenvalue weighted by Crippen LogP contribution is -2.43. The van der Waals surface area contributed by atoms with Gasteiger partial charge in [-0.15, -0.1) is 0 Å². The van der Waals surface area contributed by atoms with E-state index < -0.39 is 0 Å². The van der Waals surface area contributed by atoms with E-state index in [4.69, 9.17) is 0 Å². The van der Waals surface area contributed by atoms with Crippen LogP contribution in [0.15, 0.2) is 0 Å². The number of amides is 1. The summed E-state index contributed by atoms with van der Waals surface area (Å²) in [6.45, 7) is 4.30. The molecule has 1 saturated carbocycles. The smallest absolute Gasteiger partial charge is 0.225 e. The van der Waals surface area contributed by atoms with E-state index in [2.05, 4.69) is 11.8 Å². The first-order chi connectivity index (χ1) is 6.27. The van der Waals surface area contributed by atoms with Crippen LogP contribution in [-0.2, 0) is 4.79 Å². The van der Waals surface area contributed by atoms with Crippen LogP contribution in [0.1, 0.15) is 39.0 Å². The van der Waals surface area contributed by atoms with Gasteiger partial charge in [0.1, 0.15) is 0 Å². The highest BCUT2D eigenvalue weighted by Crippen LogP contribution is 2.29. The summed E-state index contributed by atoms with van der Waals surface area (Å²) in [5.74, 6) is 1.66. The van der Waals surface area contributed by atoms with Gasteiger partial charge in [0, 0.05) is 19.0 Å². The Balaban J connectivity index is 1.83. The molecule has 0 atom stereocenters. The standard InChI is InChI=1S/C11H19NO/c1-9-5-7-12(8-6-9)11(13)10-3-2-4-10/h9-10H,2-8H2,1H3. The highest BCUT2D eigenvalue weighted by molar-refractivity contribution is 5.79. The van der Waals surface area contributed by atoms with Crippen molar-refractivity contribution >= 4 is 5.91 Å². The average Bonchev–Trinajstić information content (AvgIpc) is 2.02. The Morgan fingerprint density at radius 2 is 1.77 bits per heavy atom. The third-order valence-corrected chi connectivity index (χ3v) is 3.55. The van der Waals surface area contributed by atoms with Gasteiger partial charge in [0.05, 0.1) is 0 Å². The first-order valence-electron chi connectivity index (χ1n) is 5.56. The number of hydrogen-bond acceptors (Lipinski definition) is 1. The molecule has 1 aliphatic carbocycles. The van der Waals surface area contributed by atoms with E-state index in [0.717, 1.165) is 31.8 Å². The summed E-state index contributed by atoms with van der Waals surface area (Å²) < 4.78 is 0. The second-order valence-corrected chi connectivity index (χ2v) is 4.64. The van der Waals surface area contributed by atoms with Gasteiger partial charge >= 0.3 is 0 Å². The van der Waals surface area contributed by atoms with Crippen LogP contribution in [0.4, 0.5) is 0 Å². The number of likely N-dealkylation sites (tertiary alicyclic amines) is 1. The second kappa shape index (κ2) is 3.69. The molecule has 0 radical (unpaired) electrons. The zero-order chi connectivity index (χ0) is 9.26. The molecule has 0 spiro atoms. The first-order valence-corrected chi connectivity index (χ1v) is 5.56. The molecule has 2 rings (SSSR count). The van der Waals surface area contributed by atoms with Crippen LogP contribution in [0.5, 0.6) is 0 Å². The number of nitrogens with zero attached hydrogens (tertiary/aromatic N) is 1. The van der Waals surface area contributed by atoms with Crippen LogP contribution >= 0.6 is 0 Å². The maximum atomic E-state index is 11.8. The van der Waals surface area contributed by atoms with Gasteiger partial charge in [-0.25, -0.2) is 0 Å². The largest absolute Gasteiger partial charge is 0.342 e. The van der Waals surface area contributed by atoms with Crippen LogP contribution in [0, 0.1) is 11.8 Å². The molecule has 0 aromatic rings. The van der Waals surface area contributed by atoms with Crippen molar-refractivity contribution in [1.82, 2.24) is 4.90 Å². The Bertz CT molecular complexity index is 190. The fourth-order valence-electron chi connectivity index (χ4n) is 2.14. The van der Waals surface area contributed by atoms with E-state index in [-0.39, 0.29) is 0 Å². The lowest BCUT2D eigenvalue weighted by Gasteiger charge is -2.35. The molecule has 2 aliphatic rings. The van der Waals surface area contributed by atoms with Gasteiger partial charge in [-0.05, 0) is 31.6 Å². The van der Waals surface area contributed by atoms with Crippen molar-refractivity contribution in [2.45, 2.75) is 39.0 Å². The molecule has 1 saturated heterocycles. The molecule has 2 heteroatoms. The summed E-state index contributed by atoms with van der Waals surface area (Å²) in [6, 6.07) is 0. The monoisotopic (exact) mass is 181 g/mol. The summed E-state index contributed by atoms with van der Waals surface area (Å²) in [4.78, 5) is 13.9. The molecule has 74 valence electrons. The van der Waals surface area contributed by atoms with Gasteiger partial charge in [-0.1, -0.05) is 13.3 Å². The predicted molar refractivity (Wildman–Crippen MR) is 52.3 cm³/mol. The van der Waals surface area contributed by atoms with Gasteiger partial charge < -0.3 is 4.90 Å². The fraction of sp³-hybridized carbons (Fsp3) is 0.909. The molecular weight excluding hydrogens is 162 g/mol. The zero-order valence-electron chi connectivity index (χ0n) is 8.46. The average molecular weight is 181 g/mol. The minimum atomic E-state index is 0.397. The number of carbonyl (C=O) groups is 1. The van der Waals surface area contributed by atoms with Crippen LogP contribution in [-0.4, -0.2) is 23.9 Å². The van der Waals surface area contributed by atoms with Crippen molar-refractivity contribution in [2.75, 3.05) is 13.1 Å². The molecular formula is C11H19NO. The van der Waals surface area contributed by atoms with Crippen molar-refractivity contribution in [3.8, 4) is 0 Å². The van der Waals surface area contributed by atoms with Crippen LogP contribution in [0.3, 0.4) is 0 Å². The van der Waals surface area contributed by atoms with E-state index in [1.54, 1.807) is 0 Å². The molecule has 1 aliphatic heterocycles. The van der Waals surface area contributed by atoms with E-state index in [1.807, 2.05) is 0 Å². The molecule has 2 nitrogen and oxygen atoms in total. The topological polar surface area (TPSA) is 20.3 Å². The van der Waals surface area contributed by atoms with Gasteiger partial charge in [0.15, 0.2) is 0 Å². The molecule has 0 aromatic heterocycles. The molecule has 13 heavy (non-hydrogen) atoms. The predicted octanol–water partition coefficient (Wildman–Crippen LogP) is 2.04. The number of rotatable bonds is 1. The molecule has 1 heterocycles. The van der Waals surface area contributed by atoms with Crippen molar-refractivity contribution in [1.29, 1.82) is 0 Å². The van der Waals surface area contributed by atoms with Crippen molar-refractivity contribution in [3.05, 3.63) is 0 Å². The summed E-state index contributed by atoms with van der Waals surface area (Å²) in [5.41, 5.74) is 0. The maximum absolute atomic E-state index is 11.8. The normalized spacial score (nSPS) is 25.8. The molecule has 0 bridgehead atoms. The van der Waals surface area contributed by atoms with Gasteiger partial charge in [-0.2, -0.15) is 0 Å². The Labute approximate surface area is 80.3 Å². The van der Waals surface area contributed by atoms with Crippen LogP contribution < -0.4 is 0 Å². The molecule has 0 N–H and O–H groups in total. The molecule has 1 amide bonds. The fourth-order valence-corrected chi connectivity index (χ4v) is 2.14. The van der Waals surface area contributed by atoms with E-state index in [1.165, 1.54) is 19.3 Å². The lowest BCUT2D eigenvalue weighted by atomic mass is 9.83. The highest BCUT2D eigenvalue weighted by atomic mass is 16.2. The third-order valence-electron chi connectivity index (χ3n) is 3.55. The molecule has 2 fully saturated rings. The number of hydrogen-bond donors (Lipinski definition) is 0.